The molecule has 124 valence electrons. The summed E-state index contributed by atoms with van der Waals surface area (Å²) in [7, 11) is 1.14. The van der Waals surface area contributed by atoms with Crippen LogP contribution < -0.4 is 0 Å². The molecule has 0 aliphatic rings. The number of nitrogens with zero attached hydrogens (tertiary/aromatic N) is 2. The fourth-order valence-corrected chi connectivity index (χ4v) is 2.36. The molecule has 0 aliphatic heterocycles. The molecule has 0 spiro atoms. The molecule has 0 N–H and O–H groups in total. The minimum Gasteiger partial charge on any atom is -0.465 e. The topological polar surface area (TPSA) is 43.6 Å². The molecule has 3 rings (SSSR count). The molecule has 24 heavy (non-hydrogen) atoms. The lowest BCUT2D eigenvalue weighted by atomic mass is 10.1. The van der Waals surface area contributed by atoms with Gasteiger partial charge in [0.25, 0.3) is 0 Å². The number of aromatic nitrogens is 2. The van der Waals surface area contributed by atoms with Gasteiger partial charge in [0, 0.05) is 11.8 Å². The minimum absolute atomic E-state index is 0.0307. The van der Waals surface area contributed by atoms with Gasteiger partial charge in [-0.2, -0.15) is 18.3 Å². The van der Waals surface area contributed by atoms with E-state index in [0.29, 0.717) is 0 Å². The first-order valence-electron chi connectivity index (χ1n) is 6.75. The second kappa shape index (κ2) is 5.63. The smallest absolute Gasteiger partial charge is 0.417 e. The second-order valence-corrected chi connectivity index (χ2v) is 4.97. The Morgan fingerprint density at radius 2 is 1.96 bits per heavy atom. The molecule has 2 heterocycles. The van der Waals surface area contributed by atoms with E-state index in [1.165, 1.54) is 18.2 Å². The van der Waals surface area contributed by atoms with E-state index >= 15 is 0 Å². The molecule has 0 radical (unpaired) electrons. The molecule has 0 unspecified atom stereocenters. The van der Waals surface area contributed by atoms with Crippen LogP contribution in [0.15, 0.2) is 42.6 Å². The summed E-state index contributed by atoms with van der Waals surface area (Å²) >= 11 is 0. The molecule has 0 aliphatic carbocycles. The summed E-state index contributed by atoms with van der Waals surface area (Å²) in [5, 5.41) is 4.02. The third-order valence-corrected chi connectivity index (χ3v) is 3.44. The van der Waals surface area contributed by atoms with E-state index < -0.39 is 23.5 Å². The van der Waals surface area contributed by atoms with Gasteiger partial charge in [-0.3, -0.25) is 0 Å². The van der Waals surface area contributed by atoms with E-state index in [4.69, 9.17) is 0 Å². The number of carbonyl (C=O) groups excluding carboxylic acids is 1. The monoisotopic (exact) mass is 338 g/mol. The Balaban J connectivity index is 2.29. The van der Waals surface area contributed by atoms with E-state index in [0.717, 1.165) is 36.0 Å². The van der Waals surface area contributed by atoms with Crippen LogP contribution in [0.25, 0.3) is 16.8 Å². The van der Waals surface area contributed by atoms with Crippen LogP contribution >= 0.6 is 0 Å². The van der Waals surface area contributed by atoms with Crippen LogP contribution in [0.3, 0.4) is 0 Å². The average Bonchev–Trinajstić information content (AvgIpc) is 2.92. The molecule has 0 saturated carbocycles. The highest BCUT2D eigenvalue weighted by atomic mass is 19.4. The number of hydrogen-bond acceptors (Lipinski definition) is 3. The van der Waals surface area contributed by atoms with E-state index in [2.05, 4.69) is 9.84 Å². The van der Waals surface area contributed by atoms with Crippen LogP contribution in [0.5, 0.6) is 0 Å². The van der Waals surface area contributed by atoms with Crippen LogP contribution in [0.2, 0.25) is 0 Å². The molecular weight excluding hydrogens is 328 g/mol. The van der Waals surface area contributed by atoms with Crippen molar-refractivity contribution in [1.29, 1.82) is 0 Å². The molecule has 2 aromatic heterocycles. The Morgan fingerprint density at radius 1 is 1.21 bits per heavy atom. The first kappa shape index (κ1) is 16.0. The molecule has 0 amide bonds. The molecule has 8 heteroatoms. The fourth-order valence-electron chi connectivity index (χ4n) is 2.36. The van der Waals surface area contributed by atoms with Crippen molar-refractivity contribution >= 4 is 11.5 Å². The molecule has 0 saturated heterocycles. The number of fused-ring (bicyclic) bond motifs is 1. The number of halogens is 4. The predicted molar refractivity (Wildman–Crippen MR) is 76.9 cm³/mol. The Bertz CT molecular complexity index is 931. The van der Waals surface area contributed by atoms with Crippen molar-refractivity contribution < 1.29 is 27.1 Å². The molecule has 1 aromatic carbocycles. The molecule has 3 aromatic rings. The number of pyridine rings is 1. The summed E-state index contributed by atoms with van der Waals surface area (Å²) < 4.78 is 57.6. The third-order valence-electron chi connectivity index (χ3n) is 3.44. The normalized spacial score (nSPS) is 11.7. The number of benzene rings is 1. The van der Waals surface area contributed by atoms with Crippen molar-refractivity contribution in [2.45, 2.75) is 6.18 Å². The first-order chi connectivity index (χ1) is 11.3. The molecule has 0 atom stereocenters. The Labute approximate surface area is 133 Å². The van der Waals surface area contributed by atoms with Crippen molar-refractivity contribution in [3.05, 3.63) is 59.5 Å². The van der Waals surface area contributed by atoms with Crippen LogP contribution in [-0.2, 0) is 10.9 Å². The van der Waals surface area contributed by atoms with Crippen molar-refractivity contribution in [2.24, 2.45) is 0 Å². The zero-order valence-electron chi connectivity index (χ0n) is 12.3. The molecular formula is C16H10F4N2O2. The highest BCUT2D eigenvalue weighted by Crippen LogP contribution is 2.32. The molecule has 0 fully saturated rings. The number of rotatable bonds is 2. The lowest BCUT2D eigenvalue weighted by molar-refractivity contribution is -0.137. The summed E-state index contributed by atoms with van der Waals surface area (Å²) in [4.78, 5) is 12.1. The maximum Gasteiger partial charge on any atom is 0.417 e. The summed E-state index contributed by atoms with van der Waals surface area (Å²) in [5.41, 5.74) is -0.515. The van der Waals surface area contributed by atoms with Crippen molar-refractivity contribution in [3.8, 4) is 11.3 Å². The number of esters is 1. The van der Waals surface area contributed by atoms with Crippen molar-refractivity contribution in [2.75, 3.05) is 7.11 Å². The SMILES string of the molecule is COC(=O)c1c(-c2cccc(F)c2)nn2cc(C(F)(F)F)ccc12. The van der Waals surface area contributed by atoms with E-state index in [-0.39, 0.29) is 22.3 Å². The third kappa shape index (κ3) is 2.70. The van der Waals surface area contributed by atoms with Gasteiger partial charge in [0.15, 0.2) is 0 Å². The lowest BCUT2D eigenvalue weighted by Gasteiger charge is -2.06. The standard InChI is InChI=1S/C16H10F4N2O2/c1-24-15(23)13-12-6-5-10(16(18,19)20)8-22(12)21-14(13)9-3-2-4-11(17)7-9/h2-8H,1H3. The highest BCUT2D eigenvalue weighted by Gasteiger charge is 2.32. The largest absolute Gasteiger partial charge is 0.465 e. The van der Waals surface area contributed by atoms with E-state index in [1.807, 2.05) is 0 Å². The first-order valence-corrected chi connectivity index (χ1v) is 6.75. The van der Waals surface area contributed by atoms with Gasteiger partial charge in [0.1, 0.15) is 17.1 Å². The maximum atomic E-state index is 13.4. The van der Waals surface area contributed by atoms with Gasteiger partial charge in [0.2, 0.25) is 0 Å². The van der Waals surface area contributed by atoms with E-state index in [1.54, 1.807) is 0 Å². The maximum absolute atomic E-state index is 13.4. The number of hydrogen-bond donors (Lipinski definition) is 0. The summed E-state index contributed by atoms with van der Waals surface area (Å²) in [6.07, 6.45) is -3.78. The van der Waals surface area contributed by atoms with Gasteiger partial charge in [-0.25, -0.2) is 13.7 Å². The zero-order chi connectivity index (χ0) is 17.5. The molecule has 4 nitrogen and oxygen atoms in total. The predicted octanol–water partition coefficient (Wildman–Crippen LogP) is 3.95. The average molecular weight is 338 g/mol. The summed E-state index contributed by atoms with van der Waals surface area (Å²) in [6.45, 7) is 0. The van der Waals surface area contributed by atoms with Crippen LogP contribution in [0.1, 0.15) is 15.9 Å². The van der Waals surface area contributed by atoms with Crippen LogP contribution in [0.4, 0.5) is 17.6 Å². The number of alkyl halides is 3. The second-order valence-electron chi connectivity index (χ2n) is 4.97. The Morgan fingerprint density at radius 3 is 2.58 bits per heavy atom. The van der Waals surface area contributed by atoms with Gasteiger partial charge in [-0.05, 0) is 24.3 Å². The summed E-state index contributed by atoms with van der Waals surface area (Å²) in [6, 6.07) is 7.24. The van der Waals surface area contributed by atoms with Gasteiger partial charge in [-0.1, -0.05) is 12.1 Å². The fraction of sp³-hybridized carbons (Fsp3) is 0.125. The minimum atomic E-state index is -4.55. The van der Waals surface area contributed by atoms with Gasteiger partial charge in [-0.15, -0.1) is 0 Å². The Hall–Kier alpha value is -2.90. The van der Waals surface area contributed by atoms with E-state index in [9.17, 15) is 22.4 Å². The van der Waals surface area contributed by atoms with Crippen LogP contribution in [-0.4, -0.2) is 22.7 Å². The van der Waals surface area contributed by atoms with Crippen molar-refractivity contribution in [1.82, 2.24) is 9.61 Å². The van der Waals surface area contributed by atoms with Gasteiger partial charge >= 0.3 is 12.1 Å². The summed E-state index contributed by atoms with van der Waals surface area (Å²) in [5.74, 6) is -1.33. The highest BCUT2D eigenvalue weighted by molar-refractivity contribution is 6.03. The zero-order valence-corrected chi connectivity index (χ0v) is 12.3. The number of carbonyl (C=O) groups is 1. The van der Waals surface area contributed by atoms with Gasteiger partial charge in [0.05, 0.1) is 18.2 Å². The lowest BCUT2D eigenvalue weighted by Crippen LogP contribution is -2.07. The van der Waals surface area contributed by atoms with Crippen molar-refractivity contribution in [3.63, 3.8) is 0 Å². The Kier molecular flexibility index (Phi) is 3.75. The number of ether oxygens (including phenoxy) is 1. The number of methoxy groups -OCH3 is 1. The van der Waals surface area contributed by atoms with Gasteiger partial charge < -0.3 is 4.74 Å². The quantitative estimate of drug-likeness (QED) is 0.525. The molecule has 0 bridgehead atoms. The van der Waals surface area contributed by atoms with Crippen LogP contribution in [0, 0.1) is 5.82 Å².